The van der Waals surface area contributed by atoms with Gasteiger partial charge in [0.05, 0.1) is 0 Å². The molecule has 0 aromatic rings. The Hall–Kier alpha value is -0.0800. The summed E-state index contributed by atoms with van der Waals surface area (Å²) in [5, 5.41) is 3.53. The number of hydrogen-bond acceptors (Lipinski definition) is 2. The maximum atomic E-state index is 3.53. The van der Waals surface area contributed by atoms with E-state index in [-0.39, 0.29) is 0 Å². The number of rotatable bonds is 10. The van der Waals surface area contributed by atoms with Crippen molar-refractivity contribution < 1.29 is 0 Å². The predicted octanol–water partition coefficient (Wildman–Crippen LogP) is 3.67. The van der Waals surface area contributed by atoms with Crippen LogP contribution < -0.4 is 5.32 Å². The first-order chi connectivity index (χ1) is 8.86. The first-order valence-electron chi connectivity index (χ1n) is 8.29. The lowest BCUT2D eigenvalue weighted by Gasteiger charge is -2.29. The lowest BCUT2D eigenvalue weighted by Crippen LogP contribution is -2.38. The highest BCUT2D eigenvalue weighted by Gasteiger charge is 2.15. The minimum Gasteiger partial charge on any atom is -0.316 e. The van der Waals surface area contributed by atoms with Gasteiger partial charge in [-0.2, -0.15) is 0 Å². The fourth-order valence-corrected chi connectivity index (χ4v) is 2.94. The predicted molar refractivity (Wildman–Crippen MR) is 81.1 cm³/mol. The van der Waals surface area contributed by atoms with Gasteiger partial charge < -0.3 is 10.2 Å². The highest BCUT2D eigenvalue weighted by Crippen LogP contribution is 2.13. The van der Waals surface area contributed by atoms with Crippen molar-refractivity contribution in [2.75, 3.05) is 32.7 Å². The summed E-state index contributed by atoms with van der Waals surface area (Å²) in [5.41, 5.74) is 0. The van der Waals surface area contributed by atoms with Crippen molar-refractivity contribution in [1.82, 2.24) is 10.2 Å². The molecule has 0 bridgehead atoms. The van der Waals surface area contributed by atoms with E-state index in [2.05, 4.69) is 24.1 Å². The van der Waals surface area contributed by atoms with Crippen LogP contribution in [0.25, 0.3) is 0 Å². The van der Waals surface area contributed by atoms with Crippen LogP contribution in [0.4, 0.5) is 0 Å². The van der Waals surface area contributed by atoms with Crippen LogP contribution in [0.1, 0.15) is 65.2 Å². The third-order valence-corrected chi connectivity index (χ3v) is 4.19. The SMILES string of the molecule is CCCCCCCCN(CC)CC1CCCNC1. The molecule has 0 aliphatic carbocycles. The molecule has 0 spiro atoms. The van der Waals surface area contributed by atoms with Crippen molar-refractivity contribution in [1.29, 1.82) is 0 Å². The second kappa shape index (κ2) is 10.8. The number of hydrogen-bond donors (Lipinski definition) is 1. The van der Waals surface area contributed by atoms with Crippen molar-refractivity contribution in [2.45, 2.75) is 65.2 Å². The minimum atomic E-state index is 0.902. The first-order valence-corrected chi connectivity index (χ1v) is 8.29. The summed E-state index contributed by atoms with van der Waals surface area (Å²) in [4.78, 5) is 2.66. The van der Waals surface area contributed by atoms with Crippen LogP contribution in [0, 0.1) is 5.92 Å². The molecule has 0 aromatic carbocycles. The summed E-state index contributed by atoms with van der Waals surface area (Å²) in [5.74, 6) is 0.902. The Labute approximate surface area is 115 Å². The molecule has 1 atom stereocenters. The molecule has 1 N–H and O–H groups in total. The Balaban J connectivity index is 2.01. The molecular formula is C16H34N2. The summed E-state index contributed by atoms with van der Waals surface area (Å²) < 4.78 is 0. The van der Waals surface area contributed by atoms with Gasteiger partial charge in [-0.3, -0.25) is 0 Å². The summed E-state index contributed by atoms with van der Waals surface area (Å²) in [7, 11) is 0. The lowest BCUT2D eigenvalue weighted by atomic mass is 9.99. The molecule has 1 aliphatic rings. The fraction of sp³-hybridized carbons (Fsp3) is 1.00. The molecule has 108 valence electrons. The maximum absolute atomic E-state index is 3.53. The third-order valence-electron chi connectivity index (χ3n) is 4.19. The van der Waals surface area contributed by atoms with Gasteiger partial charge in [0.15, 0.2) is 0 Å². The number of nitrogens with one attached hydrogen (secondary N) is 1. The molecule has 1 saturated heterocycles. The molecule has 0 saturated carbocycles. The van der Waals surface area contributed by atoms with E-state index in [1.807, 2.05) is 0 Å². The highest BCUT2D eigenvalue weighted by molar-refractivity contribution is 4.72. The standard InChI is InChI=1S/C16H34N2/c1-3-5-6-7-8-9-13-18(4-2)15-16-11-10-12-17-14-16/h16-17H,3-15H2,1-2H3. The van der Waals surface area contributed by atoms with E-state index >= 15 is 0 Å². The van der Waals surface area contributed by atoms with Crippen molar-refractivity contribution in [3.05, 3.63) is 0 Å². The Bertz CT molecular complexity index is 176. The van der Waals surface area contributed by atoms with E-state index in [1.165, 1.54) is 84.1 Å². The molecule has 1 heterocycles. The van der Waals surface area contributed by atoms with Crippen molar-refractivity contribution in [3.63, 3.8) is 0 Å². The van der Waals surface area contributed by atoms with Crippen LogP contribution in [0.15, 0.2) is 0 Å². The van der Waals surface area contributed by atoms with E-state index in [0.29, 0.717) is 0 Å². The van der Waals surface area contributed by atoms with Gasteiger partial charge in [-0.15, -0.1) is 0 Å². The van der Waals surface area contributed by atoms with Gasteiger partial charge in [0.1, 0.15) is 0 Å². The normalized spacial score (nSPS) is 20.5. The Morgan fingerprint density at radius 3 is 2.50 bits per heavy atom. The molecule has 1 rings (SSSR count). The van der Waals surface area contributed by atoms with E-state index in [9.17, 15) is 0 Å². The molecule has 0 radical (unpaired) electrons. The Morgan fingerprint density at radius 2 is 1.83 bits per heavy atom. The van der Waals surface area contributed by atoms with Gasteiger partial charge >= 0.3 is 0 Å². The average Bonchev–Trinajstić information content (AvgIpc) is 2.42. The van der Waals surface area contributed by atoms with Crippen LogP contribution in [0.2, 0.25) is 0 Å². The first kappa shape index (κ1) is 16.0. The molecular weight excluding hydrogens is 220 g/mol. The van der Waals surface area contributed by atoms with Gasteiger partial charge in [0.2, 0.25) is 0 Å². The minimum absolute atomic E-state index is 0.902. The number of nitrogens with zero attached hydrogens (tertiary/aromatic N) is 1. The lowest BCUT2D eigenvalue weighted by molar-refractivity contribution is 0.212. The van der Waals surface area contributed by atoms with Crippen LogP contribution in [0.3, 0.4) is 0 Å². The van der Waals surface area contributed by atoms with Gasteiger partial charge in [-0.1, -0.05) is 46.0 Å². The van der Waals surface area contributed by atoms with Crippen LogP contribution in [-0.2, 0) is 0 Å². The monoisotopic (exact) mass is 254 g/mol. The second-order valence-corrected chi connectivity index (χ2v) is 5.87. The number of unbranched alkanes of at least 4 members (excludes halogenated alkanes) is 5. The fourth-order valence-electron chi connectivity index (χ4n) is 2.94. The van der Waals surface area contributed by atoms with E-state index in [1.54, 1.807) is 0 Å². The summed E-state index contributed by atoms with van der Waals surface area (Å²) in [6, 6.07) is 0. The highest BCUT2D eigenvalue weighted by atomic mass is 15.1. The Kier molecular flexibility index (Phi) is 9.59. The van der Waals surface area contributed by atoms with Crippen LogP contribution in [0.5, 0.6) is 0 Å². The molecule has 18 heavy (non-hydrogen) atoms. The zero-order valence-corrected chi connectivity index (χ0v) is 12.7. The van der Waals surface area contributed by atoms with Gasteiger partial charge in [0.25, 0.3) is 0 Å². The Morgan fingerprint density at radius 1 is 1.06 bits per heavy atom. The zero-order chi connectivity index (χ0) is 13.1. The summed E-state index contributed by atoms with van der Waals surface area (Å²) in [6.07, 6.45) is 11.3. The van der Waals surface area contributed by atoms with Gasteiger partial charge in [-0.05, 0) is 51.4 Å². The van der Waals surface area contributed by atoms with Crippen LogP contribution in [-0.4, -0.2) is 37.6 Å². The molecule has 2 nitrogen and oxygen atoms in total. The zero-order valence-electron chi connectivity index (χ0n) is 12.7. The number of piperidine rings is 1. The maximum Gasteiger partial charge on any atom is 0.00217 e. The van der Waals surface area contributed by atoms with Crippen molar-refractivity contribution in [2.24, 2.45) is 5.92 Å². The molecule has 1 unspecified atom stereocenters. The summed E-state index contributed by atoms with van der Waals surface area (Å²) >= 11 is 0. The van der Waals surface area contributed by atoms with Gasteiger partial charge in [-0.25, -0.2) is 0 Å². The molecule has 0 amide bonds. The van der Waals surface area contributed by atoms with Crippen molar-refractivity contribution >= 4 is 0 Å². The second-order valence-electron chi connectivity index (χ2n) is 5.87. The molecule has 1 fully saturated rings. The smallest absolute Gasteiger partial charge is 0.00217 e. The quantitative estimate of drug-likeness (QED) is 0.598. The molecule has 2 heteroatoms. The van der Waals surface area contributed by atoms with E-state index in [4.69, 9.17) is 0 Å². The topological polar surface area (TPSA) is 15.3 Å². The molecule has 1 aliphatic heterocycles. The average molecular weight is 254 g/mol. The van der Waals surface area contributed by atoms with Crippen molar-refractivity contribution in [3.8, 4) is 0 Å². The van der Waals surface area contributed by atoms with E-state index in [0.717, 1.165) is 5.92 Å². The largest absolute Gasteiger partial charge is 0.316 e. The molecule has 0 aromatic heterocycles. The summed E-state index contributed by atoms with van der Waals surface area (Å²) in [6.45, 7) is 10.9. The van der Waals surface area contributed by atoms with E-state index < -0.39 is 0 Å². The third kappa shape index (κ3) is 7.38. The van der Waals surface area contributed by atoms with Gasteiger partial charge in [0, 0.05) is 6.54 Å². The van der Waals surface area contributed by atoms with Crippen LogP contribution >= 0.6 is 0 Å².